The van der Waals surface area contributed by atoms with Gasteiger partial charge in [-0.2, -0.15) is 21.0 Å². The van der Waals surface area contributed by atoms with Gasteiger partial charge in [0.2, 0.25) is 0 Å². The number of nitriles is 4. The lowest BCUT2D eigenvalue weighted by Gasteiger charge is -2.15. The van der Waals surface area contributed by atoms with E-state index in [1.54, 1.807) is 0 Å². The Morgan fingerprint density at radius 1 is 0.500 bits per heavy atom. The molecule has 1 fully saturated rings. The second-order valence-electron chi connectivity index (χ2n) is 9.60. The number of hydrogen-bond acceptors (Lipinski definition) is 4. The minimum Gasteiger partial charge on any atom is -0.203 e. The molecule has 1 aliphatic carbocycles. The Morgan fingerprint density at radius 2 is 0.804 bits per heavy atom. The van der Waals surface area contributed by atoms with E-state index in [4.69, 9.17) is 10.5 Å². The highest BCUT2D eigenvalue weighted by atomic mass is 19.2. The quantitative estimate of drug-likeness (QED) is 0.162. The van der Waals surface area contributed by atoms with Gasteiger partial charge >= 0.3 is 0 Å². The van der Waals surface area contributed by atoms with Gasteiger partial charge in [-0.15, -0.1) is 0 Å². The minimum atomic E-state index is -2.40. The molecule has 0 aliphatic heterocycles. The molecule has 0 N–H and O–H groups in total. The van der Waals surface area contributed by atoms with Crippen LogP contribution in [0.4, 0.5) is 52.7 Å². The normalized spacial score (nSPS) is 16.6. The van der Waals surface area contributed by atoms with Gasteiger partial charge in [-0.1, -0.05) is 6.92 Å². The zero-order valence-electron chi connectivity index (χ0n) is 22.5. The third kappa shape index (κ3) is 4.53. The molecule has 0 spiro atoms. The summed E-state index contributed by atoms with van der Waals surface area (Å²) in [6.07, 6.45) is 0. The fraction of sp³-hybridized carbons (Fsp3) is 0.133. The largest absolute Gasteiger partial charge is 0.203 e. The molecule has 1 saturated carbocycles. The molecule has 232 valence electrons. The first-order chi connectivity index (χ1) is 21.5. The van der Waals surface area contributed by atoms with E-state index < -0.39 is 137 Å². The molecule has 0 saturated heterocycles. The molecular formula is C30H8F12N4. The van der Waals surface area contributed by atoms with Crippen LogP contribution in [0.5, 0.6) is 0 Å². The summed E-state index contributed by atoms with van der Waals surface area (Å²) in [5.41, 5.74) is -15.1. The summed E-state index contributed by atoms with van der Waals surface area (Å²) in [5, 5.41) is 37.4. The predicted molar refractivity (Wildman–Crippen MR) is 130 cm³/mol. The summed E-state index contributed by atoms with van der Waals surface area (Å²) < 4.78 is 177. The molecule has 46 heavy (non-hydrogen) atoms. The minimum absolute atomic E-state index is 0.597. The Hall–Kier alpha value is -5.74. The first-order valence-electron chi connectivity index (χ1n) is 12.2. The molecule has 3 aromatic rings. The Balaban J connectivity index is 2.22. The van der Waals surface area contributed by atoms with Crippen molar-refractivity contribution in [1.29, 1.82) is 21.0 Å². The lowest BCUT2D eigenvalue weighted by molar-refractivity contribution is 0.422. The summed E-state index contributed by atoms with van der Waals surface area (Å²) in [6, 6.07) is 3.94. The van der Waals surface area contributed by atoms with Crippen molar-refractivity contribution in [2.75, 3.05) is 0 Å². The Labute approximate surface area is 249 Å². The van der Waals surface area contributed by atoms with E-state index >= 15 is 26.3 Å². The summed E-state index contributed by atoms with van der Waals surface area (Å²) in [4.78, 5) is 0. The van der Waals surface area contributed by atoms with Gasteiger partial charge in [0.1, 0.15) is 35.4 Å². The van der Waals surface area contributed by atoms with Crippen LogP contribution in [-0.4, -0.2) is 0 Å². The highest BCUT2D eigenvalue weighted by molar-refractivity contribution is 5.98. The fourth-order valence-electron chi connectivity index (χ4n) is 5.05. The second kappa shape index (κ2) is 11.6. The van der Waals surface area contributed by atoms with Crippen LogP contribution in [-0.2, 0) is 0 Å². The van der Waals surface area contributed by atoms with E-state index in [9.17, 15) is 36.9 Å². The lowest BCUT2D eigenvalue weighted by atomic mass is 9.91. The van der Waals surface area contributed by atoms with Crippen LogP contribution < -0.4 is 0 Å². The van der Waals surface area contributed by atoms with E-state index in [-0.39, 0.29) is 0 Å². The Morgan fingerprint density at radius 3 is 1.11 bits per heavy atom. The first-order valence-corrected chi connectivity index (χ1v) is 12.2. The molecule has 4 rings (SSSR count). The standard InChI is InChI=1S/C30H8F12N4/c1-7(14-25(37)21(33)11(5-45)22(34)26(14)38)13-15(9(3-43)17-27(39)19(31)8(2)20(32)28(17)40)16(13)10(4-44)18-29(41)23(35)12(6-46)24(36)30(18)42/h7,13H,1-2H3/b15-9?,16-10-. The van der Waals surface area contributed by atoms with Crippen molar-refractivity contribution in [3.8, 4) is 24.3 Å². The number of halogens is 12. The third-order valence-electron chi connectivity index (χ3n) is 7.31. The number of rotatable bonds is 4. The number of benzene rings is 3. The Kier molecular flexibility index (Phi) is 8.39. The van der Waals surface area contributed by atoms with Crippen LogP contribution in [0, 0.1) is 128 Å². The zero-order valence-corrected chi connectivity index (χ0v) is 22.5. The van der Waals surface area contributed by atoms with Gasteiger partial charge in [0, 0.05) is 17.0 Å². The molecule has 2 unspecified atom stereocenters. The summed E-state index contributed by atoms with van der Waals surface area (Å²) >= 11 is 0. The summed E-state index contributed by atoms with van der Waals surface area (Å²) in [7, 11) is 0. The predicted octanol–water partition coefficient (Wildman–Crippen LogP) is 8.10. The molecule has 2 atom stereocenters. The van der Waals surface area contributed by atoms with Crippen LogP contribution in [0.15, 0.2) is 11.1 Å². The highest BCUT2D eigenvalue weighted by Crippen LogP contribution is 2.60. The number of allylic oxidation sites excluding steroid dienone is 4. The lowest BCUT2D eigenvalue weighted by Crippen LogP contribution is -2.11. The van der Waals surface area contributed by atoms with E-state index in [0.717, 1.165) is 24.3 Å². The van der Waals surface area contributed by atoms with Gasteiger partial charge in [-0.05, 0) is 24.0 Å². The van der Waals surface area contributed by atoms with E-state index in [1.807, 2.05) is 0 Å². The van der Waals surface area contributed by atoms with E-state index in [2.05, 4.69) is 0 Å². The molecule has 16 heteroatoms. The molecular weight excluding hydrogens is 644 g/mol. The van der Waals surface area contributed by atoms with E-state index in [0.29, 0.717) is 13.8 Å². The van der Waals surface area contributed by atoms with Crippen molar-refractivity contribution in [2.24, 2.45) is 5.92 Å². The maximum Gasteiger partial charge on any atom is 0.180 e. The van der Waals surface area contributed by atoms with Gasteiger partial charge in [0.15, 0.2) is 69.8 Å². The monoisotopic (exact) mass is 652 g/mol. The van der Waals surface area contributed by atoms with Crippen LogP contribution in [0.25, 0.3) is 11.1 Å². The van der Waals surface area contributed by atoms with Crippen molar-refractivity contribution in [2.45, 2.75) is 19.8 Å². The SMILES string of the molecule is Cc1c(F)c(F)c(C(C#N)=C2/C(=C(/C#N)c3c(F)c(F)c(C#N)c(F)c3F)C2C(C)c2c(F)c(F)c(C#N)c(F)c2F)c(F)c1F. The van der Waals surface area contributed by atoms with Crippen molar-refractivity contribution in [3.05, 3.63) is 114 Å². The number of hydrogen-bond donors (Lipinski definition) is 0. The average molecular weight is 652 g/mol. The van der Waals surface area contributed by atoms with Gasteiger partial charge in [0.25, 0.3) is 0 Å². The average Bonchev–Trinajstić information content (AvgIpc) is 3.76. The molecule has 0 amide bonds. The van der Waals surface area contributed by atoms with Crippen molar-refractivity contribution in [1.82, 2.24) is 0 Å². The molecule has 1 aliphatic rings. The number of nitrogens with zero attached hydrogens (tertiary/aromatic N) is 4. The van der Waals surface area contributed by atoms with Gasteiger partial charge < -0.3 is 0 Å². The molecule has 0 radical (unpaired) electrons. The molecule has 0 bridgehead atoms. The molecule has 3 aromatic carbocycles. The van der Waals surface area contributed by atoms with E-state index in [1.165, 1.54) is 0 Å². The first kappa shape index (κ1) is 33.2. The van der Waals surface area contributed by atoms with Crippen LogP contribution in [0.1, 0.15) is 46.2 Å². The fourth-order valence-corrected chi connectivity index (χ4v) is 5.05. The second-order valence-corrected chi connectivity index (χ2v) is 9.60. The molecule has 0 heterocycles. The van der Waals surface area contributed by atoms with Crippen molar-refractivity contribution < 1.29 is 52.7 Å². The summed E-state index contributed by atoms with van der Waals surface area (Å²) in [6.45, 7) is 1.31. The van der Waals surface area contributed by atoms with Crippen LogP contribution in [0.2, 0.25) is 0 Å². The summed E-state index contributed by atoms with van der Waals surface area (Å²) in [5.74, 6) is -31.2. The van der Waals surface area contributed by atoms with Crippen molar-refractivity contribution in [3.63, 3.8) is 0 Å². The van der Waals surface area contributed by atoms with Crippen LogP contribution in [0.3, 0.4) is 0 Å². The van der Waals surface area contributed by atoms with Gasteiger partial charge in [-0.25, -0.2) is 52.7 Å². The zero-order chi connectivity index (χ0) is 34.7. The molecule has 0 aromatic heterocycles. The van der Waals surface area contributed by atoms with Gasteiger partial charge in [0.05, 0.1) is 22.3 Å². The maximum atomic E-state index is 15.0. The Bertz CT molecular complexity index is 2070. The maximum absolute atomic E-state index is 15.0. The van der Waals surface area contributed by atoms with Crippen LogP contribution >= 0.6 is 0 Å². The van der Waals surface area contributed by atoms with Gasteiger partial charge in [-0.3, -0.25) is 0 Å². The third-order valence-corrected chi connectivity index (χ3v) is 7.31. The highest BCUT2D eigenvalue weighted by Gasteiger charge is 2.51. The molecule has 4 nitrogen and oxygen atoms in total. The smallest absolute Gasteiger partial charge is 0.180 e. The van der Waals surface area contributed by atoms with Crippen molar-refractivity contribution >= 4 is 11.1 Å². The topological polar surface area (TPSA) is 95.2 Å².